The predicted octanol–water partition coefficient (Wildman–Crippen LogP) is 35.2. The van der Waals surface area contributed by atoms with Gasteiger partial charge in [0.2, 0.25) is 0 Å². The van der Waals surface area contributed by atoms with E-state index in [1.165, 1.54) is 166 Å². The van der Waals surface area contributed by atoms with Crippen LogP contribution in [0.3, 0.4) is 0 Å². The molecule has 0 atom stereocenters. The van der Waals surface area contributed by atoms with E-state index in [0.717, 1.165) is 56.6 Å². The SMILES string of the molecule is c1ccc(-c2cc(-c3ccccc3)cc(-c3ccc(N(c4ccc(-n5c6ccccc6c6ccccc65)cc4)c4ccc(C5(c6ccccc6)c6ccccc6-c6ccccc65)cc4)cc3)c2)cc1.c1ccc(-c2cc(-c3ccccc3)cc(-c3ccc(N(c4ccc(C5(c6ccccc6)c6ccccc6-c6ccccc65)cc4)c4cccc(-n5c6ccccc6c6ccccc65)c4)cc3)c2)cc1. The molecule has 0 saturated carbocycles. The molecule has 0 fully saturated rings. The van der Waals surface area contributed by atoms with Crippen LogP contribution in [0.2, 0.25) is 0 Å². The van der Waals surface area contributed by atoms with E-state index in [4.69, 9.17) is 0 Å². The first-order valence-corrected chi connectivity index (χ1v) is 47.7. The van der Waals surface area contributed by atoms with E-state index < -0.39 is 10.8 Å². The molecule has 2 heterocycles. The highest BCUT2D eigenvalue weighted by atomic mass is 15.2. The van der Waals surface area contributed by atoms with Crippen molar-refractivity contribution in [1.82, 2.24) is 9.13 Å². The number of para-hydroxylation sites is 4. The van der Waals surface area contributed by atoms with E-state index in [1.54, 1.807) is 0 Å². The predicted molar refractivity (Wildman–Crippen MR) is 578 cm³/mol. The Balaban J connectivity index is 0.000000146. The van der Waals surface area contributed by atoms with Gasteiger partial charge >= 0.3 is 0 Å². The Kier molecular flexibility index (Phi) is 20.7. The lowest BCUT2D eigenvalue weighted by atomic mass is 9.68. The van der Waals surface area contributed by atoms with Gasteiger partial charge in [0, 0.05) is 67.0 Å². The third kappa shape index (κ3) is 14.2. The van der Waals surface area contributed by atoms with Crippen molar-refractivity contribution < 1.29 is 0 Å². The topological polar surface area (TPSA) is 16.3 Å². The molecule has 26 rings (SSSR count). The van der Waals surface area contributed by atoms with Gasteiger partial charge in [-0.1, -0.05) is 406 Å². The molecular weight excluding hydrogens is 1670 g/mol. The molecule has 0 N–H and O–H groups in total. The summed E-state index contributed by atoms with van der Waals surface area (Å²) in [6.07, 6.45) is 0. The summed E-state index contributed by atoms with van der Waals surface area (Å²) >= 11 is 0. The summed E-state index contributed by atoms with van der Waals surface area (Å²) in [5, 5.41) is 5.00. The first-order valence-electron chi connectivity index (χ1n) is 47.7. The van der Waals surface area contributed by atoms with Crippen LogP contribution in [0.25, 0.3) is 144 Å². The maximum Gasteiger partial charge on any atom is 0.0713 e. The molecule has 2 aliphatic carbocycles. The van der Waals surface area contributed by atoms with Crippen LogP contribution in [-0.4, -0.2) is 9.13 Å². The van der Waals surface area contributed by atoms with Gasteiger partial charge in [-0.25, -0.2) is 0 Å². The third-order valence-corrected chi connectivity index (χ3v) is 28.5. The number of benzene rings is 22. The van der Waals surface area contributed by atoms with Crippen molar-refractivity contribution in [3.05, 3.63) is 603 Å². The van der Waals surface area contributed by atoms with Crippen LogP contribution in [0.1, 0.15) is 44.5 Å². The minimum absolute atomic E-state index is 0.476. The number of fused-ring (bicyclic) bond motifs is 12. The summed E-state index contributed by atoms with van der Waals surface area (Å²) in [5.74, 6) is 0. The molecule has 648 valence electrons. The molecule has 0 amide bonds. The van der Waals surface area contributed by atoms with E-state index in [2.05, 4.69) is 577 Å². The number of anilines is 6. The number of rotatable bonds is 18. The maximum atomic E-state index is 2.41. The largest absolute Gasteiger partial charge is 0.311 e. The molecule has 0 spiro atoms. The second-order valence-electron chi connectivity index (χ2n) is 36.1. The van der Waals surface area contributed by atoms with Gasteiger partial charge in [0.15, 0.2) is 0 Å². The Morgan fingerprint density at radius 1 is 0.138 bits per heavy atom. The van der Waals surface area contributed by atoms with Crippen molar-refractivity contribution in [3.8, 4) is 100 Å². The van der Waals surface area contributed by atoms with E-state index in [1.807, 2.05) is 0 Å². The molecule has 0 unspecified atom stereocenters. The Labute approximate surface area is 804 Å². The maximum absolute atomic E-state index is 2.41. The standard InChI is InChI=1S/2C67H46N2/c1-4-19-47(20-5-1)50-43-51(48-21-6-2-7-22-48)45-52(44-50)49-35-39-55(40-36-49)68(57-25-18-26-58(46-57)69-65-33-16-12-29-61(65)62-30-13-17-34-66(62)69)56-41-37-54(38-42-56)67(53-23-8-3-9-24-53)63-31-14-10-27-59(63)60-28-11-15-32-64(60)67;1-4-18-47(19-5-1)50-44-51(48-20-6-2-7-21-48)46-52(45-50)49-32-36-55(37-33-49)68(57-40-42-58(43-41-57)69-65-30-16-12-26-61(65)62-27-13-17-31-66(62)69)56-38-34-54(35-39-56)67(53-22-8-3-9-23-53)63-28-14-10-24-59(63)60-25-11-15-29-64(60)67/h2*1-46H. The van der Waals surface area contributed by atoms with Crippen LogP contribution in [-0.2, 0) is 10.8 Å². The fourth-order valence-corrected chi connectivity index (χ4v) is 22.3. The first kappa shape index (κ1) is 82.0. The minimum atomic E-state index is -0.483. The molecule has 2 aliphatic rings. The normalized spacial score (nSPS) is 12.5. The average Bonchev–Trinajstić information content (AvgIpc) is 1.54. The molecule has 0 radical (unpaired) electrons. The molecular formula is C134H92N4. The first-order chi connectivity index (χ1) is 68.4. The second kappa shape index (κ2) is 34.9. The number of hydrogen-bond acceptors (Lipinski definition) is 2. The molecule has 22 aromatic carbocycles. The number of hydrogen-bond donors (Lipinski definition) is 0. The number of nitrogens with zero attached hydrogens (tertiary/aromatic N) is 4. The highest BCUT2D eigenvalue weighted by molar-refractivity contribution is 6.11. The van der Waals surface area contributed by atoms with Gasteiger partial charge in [0.1, 0.15) is 0 Å². The summed E-state index contributed by atoms with van der Waals surface area (Å²) in [6.45, 7) is 0. The Morgan fingerprint density at radius 2 is 0.362 bits per heavy atom. The molecule has 0 bridgehead atoms. The van der Waals surface area contributed by atoms with Crippen molar-refractivity contribution in [2.24, 2.45) is 0 Å². The Hall–Kier alpha value is -18.0. The third-order valence-electron chi connectivity index (χ3n) is 28.5. The Bertz CT molecular complexity index is 8310. The summed E-state index contributed by atoms with van der Waals surface area (Å²) < 4.78 is 4.79. The molecule has 2 aromatic heterocycles. The van der Waals surface area contributed by atoms with Crippen LogP contribution in [0.15, 0.2) is 558 Å². The van der Waals surface area contributed by atoms with Crippen LogP contribution >= 0.6 is 0 Å². The Morgan fingerprint density at radius 3 is 0.667 bits per heavy atom. The van der Waals surface area contributed by atoms with Crippen LogP contribution in [0, 0.1) is 0 Å². The lowest BCUT2D eigenvalue weighted by Crippen LogP contribution is -2.28. The highest BCUT2D eigenvalue weighted by Gasteiger charge is 2.48. The summed E-state index contributed by atoms with van der Waals surface area (Å²) in [7, 11) is 0. The molecule has 0 aliphatic heterocycles. The summed E-state index contributed by atoms with van der Waals surface area (Å²) in [5.41, 5.74) is 42.1. The average molecular weight is 1760 g/mol. The van der Waals surface area contributed by atoms with Crippen molar-refractivity contribution in [3.63, 3.8) is 0 Å². The van der Waals surface area contributed by atoms with Crippen molar-refractivity contribution in [2.45, 2.75) is 10.8 Å². The summed E-state index contributed by atoms with van der Waals surface area (Å²) in [4.78, 5) is 4.80. The van der Waals surface area contributed by atoms with Gasteiger partial charge < -0.3 is 18.9 Å². The minimum Gasteiger partial charge on any atom is -0.311 e. The van der Waals surface area contributed by atoms with Crippen LogP contribution < -0.4 is 9.80 Å². The lowest BCUT2D eigenvalue weighted by molar-refractivity contribution is 0.768. The zero-order valence-corrected chi connectivity index (χ0v) is 75.9. The molecule has 138 heavy (non-hydrogen) atoms. The van der Waals surface area contributed by atoms with Crippen LogP contribution in [0.5, 0.6) is 0 Å². The van der Waals surface area contributed by atoms with E-state index in [9.17, 15) is 0 Å². The van der Waals surface area contributed by atoms with E-state index in [0.29, 0.717) is 0 Å². The second-order valence-corrected chi connectivity index (χ2v) is 36.1. The lowest BCUT2D eigenvalue weighted by Gasteiger charge is -2.34. The molecule has 24 aromatic rings. The summed E-state index contributed by atoms with van der Waals surface area (Å²) in [6, 6.07) is 204. The quantitative estimate of drug-likeness (QED) is 0.0851. The van der Waals surface area contributed by atoms with Crippen molar-refractivity contribution >= 4 is 77.7 Å². The van der Waals surface area contributed by atoms with Crippen molar-refractivity contribution in [1.29, 1.82) is 0 Å². The van der Waals surface area contributed by atoms with Gasteiger partial charge in [-0.05, 0) is 285 Å². The van der Waals surface area contributed by atoms with Gasteiger partial charge in [0.25, 0.3) is 0 Å². The monoisotopic (exact) mass is 1760 g/mol. The van der Waals surface area contributed by atoms with Gasteiger partial charge in [-0.3, -0.25) is 0 Å². The van der Waals surface area contributed by atoms with Gasteiger partial charge in [-0.15, -0.1) is 0 Å². The smallest absolute Gasteiger partial charge is 0.0713 e. The molecule has 4 nitrogen and oxygen atoms in total. The van der Waals surface area contributed by atoms with E-state index in [-0.39, 0.29) is 0 Å². The van der Waals surface area contributed by atoms with E-state index >= 15 is 0 Å². The van der Waals surface area contributed by atoms with Gasteiger partial charge in [0.05, 0.1) is 32.9 Å². The van der Waals surface area contributed by atoms with Crippen molar-refractivity contribution in [2.75, 3.05) is 9.80 Å². The highest BCUT2D eigenvalue weighted by Crippen LogP contribution is 2.59. The van der Waals surface area contributed by atoms with Crippen LogP contribution in [0.4, 0.5) is 34.1 Å². The zero-order chi connectivity index (χ0) is 91.5. The van der Waals surface area contributed by atoms with Gasteiger partial charge in [-0.2, -0.15) is 0 Å². The number of aromatic nitrogens is 2. The molecule has 4 heteroatoms. The zero-order valence-electron chi connectivity index (χ0n) is 75.9. The fraction of sp³-hybridized carbons (Fsp3) is 0.0149. The molecule has 0 saturated heterocycles. The fourth-order valence-electron chi connectivity index (χ4n) is 22.3.